The first kappa shape index (κ1) is 23.8. The fourth-order valence-corrected chi connectivity index (χ4v) is 6.03. The van der Waals surface area contributed by atoms with Crippen molar-refractivity contribution >= 4 is 33.8 Å². The van der Waals surface area contributed by atoms with Crippen LogP contribution in [0, 0.1) is 0 Å². The van der Waals surface area contributed by atoms with E-state index in [-0.39, 0.29) is 11.8 Å². The summed E-state index contributed by atoms with van der Waals surface area (Å²) in [5.41, 5.74) is 2.49. The van der Waals surface area contributed by atoms with Crippen LogP contribution in [0.4, 0.5) is 10.7 Å². The maximum absolute atomic E-state index is 13.4. The van der Waals surface area contributed by atoms with Gasteiger partial charge in [-0.05, 0) is 88.4 Å². The molecule has 4 rings (SSSR count). The highest BCUT2D eigenvalue weighted by Crippen LogP contribution is 2.38. The molecule has 1 saturated heterocycles. The quantitative estimate of drug-likeness (QED) is 0.527. The second kappa shape index (κ2) is 11.7. The molecule has 1 fully saturated rings. The molecule has 1 aliphatic carbocycles. The van der Waals surface area contributed by atoms with Crippen LogP contribution in [0.2, 0.25) is 0 Å². The number of hydrogen-bond acceptors (Lipinski definition) is 5. The molecule has 33 heavy (non-hydrogen) atoms. The molecular weight excluding hydrogens is 434 g/mol. The average molecular weight is 470 g/mol. The fraction of sp³-hybridized carbons (Fsp3) is 0.538. The second-order valence-electron chi connectivity index (χ2n) is 8.92. The lowest BCUT2D eigenvalue weighted by Crippen LogP contribution is -2.34. The van der Waals surface area contributed by atoms with Crippen molar-refractivity contribution < 1.29 is 14.3 Å². The number of benzene rings is 1. The zero-order chi connectivity index (χ0) is 23.0. The third-order valence-corrected chi connectivity index (χ3v) is 7.60. The first-order chi connectivity index (χ1) is 16.1. The van der Waals surface area contributed by atoms with Crippen molar-refractivity contribution in [2.24, 2.45) is 0 Å². The van der Waals surface area contributed by atoms with E-state index in [0.717, 1.165) is 68.6 Å². The molecule has 7 heteroatoms. The smallest absolute Gasteiger partial charge is 0.258 e. The van der Waals surface area contributed by atoms with E-state index in [4.69, 9.17) is 4.74 Å². The fourth-order valence-electron chi connectivity index (χ4n) is 4.73. The monoisotopic (exact) mass is 469 g/mol. The van der Waals surface area contributed by atoms with Gasteiger partial charge in [-0.15, -0.1) is 11.3 Å². The van der Waals surface area contributed by atoms with E-state index in [1.807, 2.05) is 31.2 Å². The first-order valence-electron chi connectivity index (χ1n) is 12.3. The number of nitrogens with one attached hydrogen (secondary N) is 2. The van der Waals surface area contributed by atoms with Crippen LogP contribution in [0.15, 0.2) is 24.3 Å². The molecule has 1 aliphatic heterocycles. The van der Waals surface area contributed by atoms with Gasteiger partial charge in [0.25, 0.3) is 5.91 Å². The molecule has 2 aliphatic rings. The van der Waals surface area contributed by atoms with Gasteiger partial charge < -0.3 is 15.4 Å². The topological polar surface area (TPSA) is 70.7 Å². The second-order valence-corrected chi connectivity index (χ2v) is 10.0. The van der Waals surface area contributed by atoms with Crippen LogP contribution in [0.25, 0.3) is 0 Å². The lowest BCUT2D eigenvalue weighted by Gasteiger charge is -2.19. The summed E-state index contributed by atoms with van der Waals surface area (Å²) in [5, 5.41) is 6.84. The van der Waals surface area contributed by atoms with Crippen LogP contribution in [-0.2, 0) is 17.6 Å². The number of aryl methyl sites for hydroxylation is 1. The number of thiophene rings is 1. The number of anilines is 2. The van der Waals surface area contributed by atoms with Crippen LogP contribution in [0.3, 0.4) is 0 Å². The van der Waals surface area contributed by atoms with E-state index < -0.39 is 0 Å². The number of hydrogen-bond donors (Lipinski definition) is 2. The molecular formula is C26H35N3O3S. The van der Waals surface area contributed by atoms with Crippen molar-refractivity contribution in [2.75, 3.05) is 36.9 Å². The molecule has 0 spiro atoms. The van der Waals surface area contributed by atoms with Gasteiger partial charge in [0.15, 0.2) is 0 Å². The first-order valence-corrected chi connectivity index (χ1v) is 13.2. The van der Waals surface area contributed by atoms with E-state index in [2.05, 4.69) is 15.5 Å². The van der Waals surface area contributed by atoms with E-state index in [1.165, 1.54) is 24.1 Å². The Bertz CT molecular complexity index is 946. The van der Waals surface area contributed by atoms with Gasteiger partial charge in [-0.3, -0.25) is 14.5 Å². The maximum atomic E-state index is 13.4. The Morgan fingerprint density at radius 1 is 0.939 bits per heavy atom. The minimum Gasteiger partial charge on any atom is -0.494 e. The van der Waals surface area contributed by atoms with Crippen molar-refractivity contribution in [1.82, 2.24) is 4.90 Å². The number of rotatable bonds is 7. The van der Waals surface area contributed by atoms with Crippen LogP contribution in [0.5, 0.6) is 5.75 Å². The van der Waals surface area contributed by atoms with Crippen molar-refractivity contribution in [3.63, 3.8) is 0 Å². The highest BCUT2D eigenvalue weighted by Gasteiger charge is 2.26. The highest BCUT2D eigenvalue weighted by atomic mass is 32.1. The van der Waals surface area contributed by atoms with Gasteiger partial charge in [0.05, 0.1) is 18.7 Å². The summed E-state index contributed by atoms with van der Waals surface area (Å²) in [6, 6.07) is 7.42. The largest absolute Gasteiger partial charge is 0.494 e. The molecule has 0 bridgehead atoms. The molecule has 0 saturated carbocycles. The van der Waals surface area contributed by atoms with Crippen LogP contribution < -0.4 is 15.4 Å². The number of carbonyl (C=O) groups is 2. The van der Waals surface area contributed by atoms with Gasteiger partial charge in [0.2, 0.25) is 5.91 Å². The third-order valence-electron chi connectivity index (χ3n) is 6.39. The van der Waals surface area contributed by atoms with Crippen LogP contribution in [-0.4, -0.2) is 43.0 Å². The Morgan fingerprint density at radius 3 is 2.36 bits per heavy atom. The summed E-state index contributed by atoms with van der Waals surface area (Å²) < 4.78 is 5.50. The Kier molecular flexibility index (Phi) is 8.40. The molecule has 2 aromatic rings. The van der Waals surface area contributed by atoms with Crippen molar-refractivity contribution in [2.45, 2.75) is 64.7 Å². The van der Waals surface area contributed by atoms with E-state index in [0.29, 0.717) is 23.7 Å². The third kappa shape index (κ3) is 6.36. The van der Waals surface area contributed by atoms with Crippen molar-refractivity contribution in [1.29, 1.82) is 0 Å². The summed E-state index contributed by atoms with van der Waals surface area (Å²) in [6.45, 7) is 4.88. The molecule has 0 unspecified atom stereocenters. The number of carbonyl (C=O) groups excluding carboxylic acids is 2. The highest BCUT2D eigenvalue weighted by molar-refractivity contribution is 7.17. The Hall–Kier alpha value is -2.38. The number of fused-ring (bicyclic) bond motifs is 1. The van der Waals surface area contributed by atoms with Crippen molar-refractivity contribution in [3.8, 4) is 5.75 Å². The summed E-state index contributed by atoms with van der Waals surface area (Å²) in [7, 11) is 0. The van der Waals surface area contributed by atoms with Crippen LogP contribution >= 0.6 is 11.3 Å². The molecule has 1 aromatic heterocycles. The van der Waals surface area contributed by atoms with Gasteiger partial charge >= 0.3 is 0 Å². The molecule has 1 aromatic carbocycles. The molecule has 178 valence electrons. The summed E-state index contributed by atoms with van der Waals surface area (Å²) in [6.07, 6.45) is 10.0. The lowest BCUT2D eigenvalue weighted by atomic mass is 10.0. The maximum Gasteiger partial charge on any atom is 0.258 e. The summed E-state index contributed by atoms with van der Waals surface area (Å²) >= 11 is 1.59. The SMILES string of the molecule is CCOc1ccc(NC(=O)c2c(NC(=O)CN3CCCCCC3)sc3c2CCCCC3)cc1. The van der Waals surface area contributed by atoms with E-state index in [9.17, 15) is 9.59 Å². The summed E-state index contributed by atoms with van der Waals surface area (Å²) in [5.74, 6) is 0.605. The van der Waals surface area contributed by atoms with Gasteiger partial charge in [0.1, 0.15) is 10.8 Å². The van der Waals surface area contributed by atoms with E-state index >= 15 is 0 Å². The van der Waals surface area contributed by atoms with Gasteiger partial charge in [-0.2, -0.15) is 0 Å². The molecule has 0 radical (unpaired) electrons. The normalized spacial score (nSPS) is 16.9. The van der Waals surface area contributed by atoms with Crippen LogP contribution in [0.1, 0.15) is 72.7 Å². The number of ether oxygens (including phenoxy) is 1. The van der Waals surface area contributed by atoms with Crippen molar-refractivity contribution in [3.05, 3.63) is 40.3 Å². The number of likely N-dealkylation sites (tertiary alicyclic amines) is 1. The standard InChI is InChI=1S/C26H35N3O3S/c1-2-32-20-14-12-19(13-15-20)27-25(31)24-21-10-6-5-7-11-22(21)33-26(24)28-23(30)18-29-16-8-3-4-9-17-29/h12-15H,2-11,16-18H2,1H3,(H,27,31)(H,28,30). The molecule has 6 nitrogen and oxygen atoms in total. The minimum absolute atomic E-state index is 0.0246. The summed E-state index contributed by atoms with van der Waals surface area (Å²) in [4.78, 5) is 29.8. The number of amides is 2. The molecule has 2 heterocycles. The minimum atomic E-state index is -0.149. The number of nitrogens with zero attached hydrogens (tertiary/aromatic N) is 1. The van der Waals surface area contributed by atoms with E-state index in [1.54, 1.807) is 11.3 Å². The van der Waals surface area contributed by atoms with Gasteiger partial charge in [-0.25, -0.2) is 0 Å². The average Bonchev–Trinajstić information content (AvgIpc) is 2.99. The lowest BCUT2D eigenvalue weighted by molar-refractivity contribution is -0.117. The zero-order valence-electron chi connectivity index (χ0n) is 19.6. The molecule has 2 amide bonds. The molecule has 2 N–H and O–H groups in total. The Morgan fingerprint density at radius 2 is 1.64 bits per heavy atom. The Labute approximate surface area is 200 Å². The zero-order valence-corrected chi connectivity index (χ0v) is 20.4. The predicted molar refractivity (Wildman–Crippen MR) is 135 cm³/mol. The predicted octanol–water partition coefficient (Wildman–Crippen LogP) is 5.48. The van der Waals surface area contributed by atoms with Gasteiger partial charge in [-0.1, -0.05) is 19.3 Å². The Balaban J connectivity index is 1.51. The molecule has 0 atom stereocenters. The van der Waals surface area contributed by atoms with Gasteiger partial charge in [0, 0.05) is 10.6 Å².